The Morgan fingerprint density at radius 3 is 2.35 bits per heavy atom. The fourth-order valence-electron chi connectivity index (χ4n) is 1.76. The van der Waals surface area contributed by atoms with Gasteiger partial charge in [0.1, 0.15) is 5.75 Å². The lowest BCUT2D eigenvalue weighted by Gasteiger charge is -2.20. The van der Waals surface area contributed by atoms with Crippen LogP contribution >= 0.6 is 0 Å². The Labute approximate surface area is 119 Å². The zero-order valence-electron chi connectivity index (χ0n) is 12.1. The maximum absolute atomic E-state index is 12.0. The largest absolute Gasteiger partial charge is 0.484 e. The highest BCUT2D eigenvalue weighted by atomic mass is 16.5. The van der Waals surface area contributed by atoms with Gasteiger partial charge in [0.25, 0.3) is 5.91 Å². The van der Waals surface area contributed by atoms with Crippen molar-refractivity contribution in [1.29, 1.82) is 0 Å². The van der Waals surface area contributed by atoms with Crippen molar-refractivity contribution >= 4 is 11.8 Å². The van der Waals surface area contributed by atoms with Gasteiger partial charge in [0, 0.05) is 18.7 Å². The van der Waals surface area contributed by atoms with Gasteiger partial charge >= 0.3 is 0 Å². The molecule has 0 heterocycles. The number of carbonyl (C=O) groups excluding carboxylic acids is 2. The second-order valence-corrected chi connectivity index (χ2v) is 4.50. The molecule has 0 saturated heterocycles. The number of benzene rings is 1. The Balaban J connectivity index is 2.49. The summed E-state index contributed by atoms with van der Waals surface area (Å²) in [6.07, 6.45) is 2.05. The van der Waals surface area contributed by atoms with E-state index < -0.39 is 5.91 Å². The summed E-state index contributed by atoms with van der Waals surface area (Å²) in [6, 6.07) is 6.43. The minimum absolute atomic E-state index is 0.00741. The molecule has 5 nitrogen and oxygen atoms in total. The third kappa shape index (κ3) is 4.91. The highest BCUT2D eigenvalue weighted by Crippen LogP contribution is 2.12. The molecular weight excluding hydrogens is 256 g/mol. The lowest BCUT2D eigenvalue weighted by molar-refractivity contribution is -0.133. The predicted octanol–water partition coefficient (Wildman–Crippen LogP) is 1.81. The number of hydrogen-bond donors (Lipinski definition) is 1. The summed E-state index contributed by atoms with van der Waals surface area (Å²) in [5.74, 6) is 0.0409. The topological polar surface area (TPSA) is 72.6 Å². The van der Waals surface area contributed by atoms with Gasteiger partial charge in [-0.25, -0.2) is 0 Å². The molecular formula is C15H22N2O3. The van der Waals surface area contributed by atoms with E-state index in [1.54, 1.807) is 29.2 Å². The molecule has 20 heavy (non-hydrogen) atoms. The van der Waals surface area contributed by atoms with Gasteiger partial charge < -0.3 is 15.4 Å². The Bertz CT molecular complexity index is 443. The molecule has 0 atom stereocenters. The van der Waals surface area contributed by atoms with Crippen LogP contribution in [0.4, 0.5) is 0 Å². The first-order chi connectivity index (χ1) is 9.58. The summed E-state index contributed by atoms with van der Waals surface area (Å²) in [7, 11) is 0. The van der Waals surface area contributed by atoms with E-state index in [-0.39, 0.29) is 12.5 Å². The maximum atomic E-state index is 12.0. The summed E-state index contributed by atoms with van der Waals surface area (Å²) < 4.78 is 5.42. The second-order valence-electron chi connectivity index (χ2n) is 4.50. The number of rotatable bonds is 8. The molecule has 0 aliphatic rings. The first-order valence-electron chi connectivity index (χ1n) is 6.88. The van der Waals surface area contributed by atoms with Crippen LogP contribution in [0.1, 0.15) is 37.0 Å². The molecule has 1 aromatic rings. The van der Waals surface area contributed by atoms with E-state index in [2.05, 4.69) is 6.92 Å². The van der Waals surface area contributed by atoms with Crippen LogP contribution in [0.25, 0.3) is 0 Å². The van der Waals surface area contributed by atoms with E-state index in [4.69, 9.17) is 10.5 Å². The van der Waals surface area contributed by atoms with Gasteiger partial charge in [-0.2, -0.15) is 0 Å². The quantitative estimate of drug-likeness (QED) is 0.788. The van der Waals surface area contributed by atoms with Crippen LogP contribution in [0.3, 0.4) is 0 Å². The van der Waals surface area contributed by atoms with Crippen LogP contribution in [0, 0.1) is 0 Å². The molecule has 2 amide bonds. The van der Waals surface area contributed by atoms with Gasteiger partial charge in [-0.3, -0.25) is 9.59 Å². The van der Waals surface area contributed by atoms with Crippen molar-refractivity contribution in [3.8, 4) is 5.75 Å². The number of unbranched alkanes of at least 4 members (excludes halogenated alkanes) is 1. The molecule has 5 heteroatoms. The molecule has 1 rings (SSSR count). The standard InChI is InChI=1S/C15H22N2O3/c1-3-5-10-17(4-2)14(18)11-20-13-8-6-12(7-9-13)15(16)19/h6-9H,3-5,10-11H2,1-2H3,(H2,16,19). The van der Waals surface area contributed by atoms with E-state index >= 15 is 0 Å². The first kappa shape index (κ1) is 16.0. The highest BCUT2D eigenvalue weighted by Gasteiger charge is 2.11. The smallest absolute Gasteiger partial charge is 0.260 e. The van der Waals surface area contributed by atoms with Crippen molar-refractivity contribution in [2.75, 3.05) is 19.7 Å². The van der Waals surface area contributed by atoms with E-state index in [0.29, 0.717) is 17.9 Å². The van der Waals surface area contributed by atoms with Crippen LogP contribution in [-0.4, -0.2) is 36.4 Å². The number of carbonyl (C=O) groups is 2. The SMILES string of the molecule is CCCCN(CC)C(=O)COc1ccc(C(N)=O)cc1. The minimum atomic E-state index is -0.482. The van der Waals surface area contributed by atoms with Crippen molar-refractivity contribution in [1.82, 2.24) is 4.90 Å². The third-order valence-electron chi connectivity index (χ3n) is 3.02. The van der Waals surface area contributed by atoms with Gasteiger partial charge in [0.15, 0.2) is 6.61 Å². The zero-order chi connectivity index (χ0) is 15.0. The number of nitrogens with two attached hydrogens (primary N) is 1. The lowest BCUT2D eigenvalue weighted by atomic mass is 10.2. The highest BCUT2D eigenvalue weighted by molar-refractivity contribution is 5.92. The Hall–Kier alpha value is -2.04. The van der Waals surface area contributed by atoms with Gasteiger partial charge in [0.05, 0.1) is 0 Å². The molecule has 0 radical (unpaired) electrons. The molecule has 0 bridgehead atoms. The summed E-state index contributed by atoms with van der Waals surface area (Å²) in [5, 5.41) is 0. The van der Waals surface area contributed by atoms with Crippen molar-refractivity contribution in [3.05, 3.63) is 29.8 Å². The normalized spacial score (nSPS) is 10.1. The molecule has 0 saturated carbocycles. The minimum Gasteiger partial charge on any atom is -0.484 e. The van der Waals surface area contributed by atoms with Crippen LogP contribution in [-0.2, 0) is 4.79 Å². The van der Waals surface area contributed by atoms with Gasteiger partial charge in [-0.05, 0) is 37.6 Å². The first-order valence-corrected chi connectivity index (χ1v) is 6.88. The van der Waals surface area contributed by atoms with Gasteiger partial charge in [-0.1, -0.05) is 13.3 Å². The molecule has 1 aromatic carbocycles. The lowest BCUT2D eigenvalue weighted by Crippen LogP contribution is -2.35. The Kier molecular flexibility index (Phi) is 6.56. The summed E-state index contributed by atoms with van der Waals surface area (Å²) in [5.41, 5.74) is 5.57. The molecule has 0 aliphatic carbocycles. The van der Waals surface area contributed by atoms with Gasteiger partial charge in [0.2, 0.25) is 5.91 Å². The fourth-order valence-corrected chi connectivity index (χ4v) is 1.76. The fraction of sp³-hybridized carbons (Fsp3) is 0.467. The predicted molar refractivity (Wildman–Crippen MR) is 77.6 cm³/mol. The van der Waals surface area contributed by atoms with Crippen molar-refractivity contribution in [3.63, 3.8) is 0 Å². The van der Waals surface area contributed by atoms with E-state index in [0.717, 1.165) is 19.4 Å². The molecule has 0 aliphatic heterocycles. The average Bonchev–Trinajstić information content (AvgIpc) is 2.46. The Morgan fingerprint density at radius 1 is 1.20 bits per heavy atom. The van der Waals surface area contributed by atoms with Crippen molar-refractivity contribution < 1.29 is 14.3 Å². The number of likely N-dealkylation sites (N-methyl/N-ethyl adjacent to an activating group) is 1. The number of ether oxygens (including phenoxy) is 1. The van der Waals surface area contributed by atoms with Crippen LogP contribution in [0.15, 0.2) is 24.3 Å². The molecule has 110 valence electrons. The summed E-state index contributed by atoms with van der Waals surface area (Å²) >= 11 is 0. The monoisotopic (exact) mass is 278 g/mol. The molecule has 0 unspecified atom stereocenters. The molecule has 0 fully saturated rings. The number of hydrogen-bond acceptors (Lipinski definition) is 3. The van der Waals surface area contributed by atoms with Gasteiger partial charge in [-0.15, -0.1) is 0 Å². The third-order valence-corrected chi connectivity index (χ3v) is 3.02. The van der Waals surface area contributed by atoms with Crippen LogP contribution in [0.5, 0.6) is 5.75 Å². The molecule has 0 spiro atoms. The van der Waals surface area contributed by atoms with Crippen LogP contribution in [0.2, 0.25) is 0 Å². The number of primary amides is 1. The molecule has 0 aromatic heterocycles. The summed E-state index contributed by atoms with van der Waals surface area (Å²) in [4.78, 5) is 24.7. The maximum Gasteiger partial charge on any atom is 0.260 e. The number of amides is 2. The Morgan fingerprint density at radius 2 is 1.85 bits per heavy atom. The zero-order valence-corrected chi connectivity index (χ0v) is 12.1. The average molecular weight is 278 g/mol. The van der Waals surface area contributed by atoms with E-state index in [1.165, 1.54) is 0 Å². The molecule has 2 N–H and O–H groups in total. The summed E-state index contributed by atoms with van der Waals surface area (Å²) in [6.45, 7) is 5.50. The van der Waals surface area contributed by atoms with Crippen molar-refractivity contribution in [2.24, 2.45) is 5.73 Å². The van der Waals surface area contributed by atoms with E-state index in [9.17, 15) is 9.59 Å². The van der Waals surface area contributed by atoms with Crippen LogP contribution < -0.4 is 10.5 Å². The van der Waals surface area contributed by atoms with E-state index in [1.807, 2.05) is 6.92 Å². The number of nitrogens with zero attached hydrogens (tertiary/aromatic N) is 1. The second kappa shape index (κ2) is 8.19. The van der Waals surface area contributed by atoms with Crippen molar-refractivity contribution in [2.45, 2.75) is 26.7 Å².